The fourth-order valence-electron chi connectivity index (χ4n) is 3.00. The second-order valence-corrected chi connectivity index (χ2v) is 6.71. The molecule has 0 aliphatic carbocycles. The highest BCUT2D eigenvalue weighted by Gasteiger charge is 2.40. The summed E-state index contributed by atoms with van der Waals surface area (Å²) in [5.41, 5.74) is -0.184. The van der Waals surface area contributed by atoms with Crippen molar-refractivity contribution in [2.45, 2.75) is 32.7 Å². The summed E-state index contributed by atoms with van der Waals surface area (Å²) in [6.45, 7) is 5.99. The molecule has 21 heavy (non-hydrogen) atoms. The number of thiophene rings is 1. The molecule has 1 fully saturated rings. The van der Waals surface area contributed by atoms with E-state index in [1.54, 1.807) is 18.4 Å². The van der Waals surface area contributed by atoms with Gasteiger partial charge in [-0.2, -0.15) is 0 Å². The SMILES string of the molecule is CCC1(C(=O)N(CCOC)Cc2cccs2)CCNCC1. The molecule has 0 saturated carbocycles. The topological polar surface area (TPSA) is 41.6 Å². The van der Waals surface area contributed by atoms with Gasteiger partial charge < -0.3 is 15.0 Å². The molecule has 1 aliphatic rings. The second kappa shape index (κ2) is 7.92. The van der Waals surface area contributed by atoms with Gasteiger partial charge in [0.2, 0.25) is 5.91 Å². The highest BCUT2D eigenvalue weighted by molar-refractivity contribution is 7.09. The zero-order valence-electron chi connectivity index (χ0n) is 13.1. The van der Waals surface area contributed by atoms with E-state index in [1.165, 1.54) is 4.88 Å². The molecule has 4 nitrogen and oxygen atoms in total. The predicted octanol–water partition coefficient (Wildman–Crippen LogP) is 2.50. The lowest BCUT2D eigenvalue weighted by Gasteiger charge is -2.39. The molecule has 1 saturated heterocycles. The lowest BCUT2D eigenvalue weighted by Crippen LogP contribution is -2.49. The first-order valence-electron chi connectivity index (χ1n) is 7.73. The number of ether oxygens (including phenoxy) is 1. The van der Waals surface area contributed by atoms with Crippen molar-refractivity contribution < 1.29 is 9.53 Å². The van der Waals surface area contributed by atoms with E-state index in [1.807, 2.05) is 11.0 Å². The molecule has 0 atom stereocenters. The van der Waals surface area contributed by atoms with Crippen molar-refractivity contribution in [3.8, 4) is 0 Å². The van der Waals surface area contributed by atoms with Gasteiger partial charge in [-0.25, -0.2) is 0 Å². The molecule has 1 amide bonds. The zero-order valence-corrected chi connectivity index (χ0v) is 13.9. The average Bonchev–Trinajstić information content (AvgIpc) is 3.04. The lowest BCUT2D eigenvalue weighted by atomic mass is 9.75. The van der Waals surface area contributed by atoms with Crippen LogP contribution in [0.5, 0.6) is 0 Å². The van der Waals surface area contributed by atoms with Crippen LogP contribution in [0.15, 0.2) is 17.5 Å². The van der Waals surface area contributed by atoms with Crippen molar-refractivity contribution in [2.75, 3.05) is 33.4 Å². The van der Waals surface area contributed by atoms with Gasteiger partial charge in [0.1, 0.15) is 0 Å². The van der Waals surface area contributed by atoms with E-state index in [9.17, 15) is 4.79 Å². The minimum absolute atomic E-state index is 0.184. The van der Waals surface area contributed by atoms with Crippen molar-refractivity contribution in [2.24, 2.45) is 5.41 Å². The van der Waals surface area contributed by atoms with Crippen LogP contribution < -0.4 is 5.32 Å². The molecular formula is C16H26N2O2S. The average molecular weight is 310 g/mol. The van der Waals surface area contributed by atoms with E-state index in [2.05, 4.69) is 23.7 Å². The second-order valence-electron chi connectivity index (χ2n) is 5.68. The third-order valence-electron chi connectivity index (χ3n) is 4.47. The standard InChI is InChI=1S/C16H26N2O2S/c1-3-16(6-8-17-9-7-16)15(19)18(10-11-20-2)13-14-5-4-12-21-14/h4-5,12,17H,3,6-11,13H2,1-2H3. The normalized spacial score (nSPS) is 17.6. The molecule has 0 bridgehead atoms. The first kappa shape index (κ1) is 16.5. The minimum atomic E-state index is -0.184. The van der Waals surface area contributed by atoms with E-state index in [4.69, 9.17) is 4.74 Å². The van der Waals surface area contributed by atoms with Gasteiger partial charge in [-0.1, -0.05) is 13.0 Å². The van der Waals surface area contributed by atoms with Gasteiger partial charge in [-0.05, 0) is 43.8 Å². The number of hydrogen-bond acceptors (Lipinski definition) is 4. The summed E-state index contributed by atoms with van der Waals surface area (Å²) in [4.78, 5) is 16.4. The van der Waals surface area contributed by atoms with Crippen LogP contribution in [0.1, 0.15) is 31.1 Å². The van der Waals surface area contributed by atoms with Gasteiger partial charge >= 0.3 is 0 Å². The summed E-state index contributed by atoms with van der Waals surface area (Å²) >= 11 is 1.71. The highest BCUT2D eigenvalue weighted by atomic mass is 32.1. The Hall–Kier alpha value is -0.910. The van der Waals surface area contributed by atoms with Gasteiger partial charge in [0.25, 0.3) is 0 Å². The van der Waals surface area contributed by atoms with Gasteiger partial charge in [-0.3, -0.25) is 4.79 Å². The van der Waals surface area contributed by atoms with Crippen molar-refractivity contribution in [1.82, 2.24) is 10.2 Å². The van der Waals surface area contributed by atoms with Crippen molar-refractivity contribution in [1.29, 1.82) is 0 Å². The largest absolute Gasteiger partial charge is 0.383 e. The Morgan fingerprint density at radius 2 is 2.24 bits per heavy atom. The van der Waals surface area contributed by atoms with Crippen molar-refractivity contribution >= 4 is 17.2 Å². The first-order chi connectivity index (χ1) is 10.2. The number of piperidine rings is 1. The zero-order chi connectivity index (χ0) is 15.1. The van der Waals surface area contributed by atoms with Crippen LogP contribution in [0, 0.1) is 5.41 Å². The summed E-state index contributed by atoms with van der Waals surface area (Å²) in [5.74, 6) is 0.303. The Morgan fingerprint density at radius 1 is 1.48 bits per heavy atom. The summed E-state index contributed by atoms with van der Waals surface area (Å²) in [7, 11) is 1.69. The molecule has 0 aromatic carbocycles. The Bertz CT molecular complexity index is 427. The van der Waals surface area contributed by atoms with Crippen LogP contribution in [-0.4, -0.2) is 44.2 Å². The first-order valence-corrected chi connectivity index (χ1v) is 8.61. The van der Waals surface area contributed by atoms with Crippen LogP contribution >= 0.6 is 11.3 Å². The maximum Gasteiger partial charge on any atom is 0.229 e. The third kappa shape index (κ3) is 4.05. The van der Waals surface area contributed by atoms with E-state index in [0.29, 0.717) is 25.6 Å². The quantitative estimate of drug-likeness (QED) is 0.841. The molecule has 1 N–H and O–H groups in total. The van der Waals surface area contributed by atoms with E-state index < -0.39 is 0 Å². The number of methoxy groups -OCH3 is 1. The Morgan fingerprint density at radius 3 is 2.81 bits per heavy atom. The molecule has 0 spiro atoms. The van der Waals surface area contributed by atoms with Gasteiger partial charge in [0, 0.05) is 18.5 Å². The summed E-state index contributed by atoms with van der Waals surface area (Å²) < 4.78 is 5.19. The van der Waals surface area contributed by atoms with Crippen LogP contribution in [0.25, 0.3) is 0 Å². The van der Waals surface area contributed by atoms with Gasteiger partial charge in [-0.15, -0.1) is 11.3 Å². The number of hydrogen-bond donors (Lipinski definition) is 1. The predicted molar refractivity (Wildman–Crippen MR) is 86.4 cm³/mol. The maximum atomic E-state index is 13.1. The van der Waals surface area contributed by atoms with E-state index >= 15 is 0 Å². The van der Waals surface area contributed by atoms with E-state index in [0.717, 1.165) is 32.4 Å². The number of carbonyl (C=O) groups excluding carboxylic acids is 1. The summed E-state index contributed by atoms with van der Waals surface area (Å²) in [6, 6.07) is 4.14. The molecule has 1 aromatic rings. The Kier molecular flexibility index (Phi) is 6.21. The Balaban J connectivity index is 2.11. The minimum Gasteiger partial charge on any atom is -0.383 e. The fourth-order valence-corrected chi connectivity index (χ4v) is 3.72. The summed E-state index contributed by atoms with van der Waals surface area (Å²) in [6.07, 6.45) is 2.80. The molecule has 1 aromatic heterocycles. The number of carbonyl (C=O) groups is 1. The Labute approximate surface area is 131 Å². The highest BCUT2D eigenvalue weighted by Crippen LogP contribution is 2.35. The van der Waals surface area contributed by atoms with Crippen LogP contribution in [-0.2, 0) is 16.1 Å². The molecular weight excluding hydrogens is 284 g/mol. The number of nitrogens with zero attached hydrogens (tertiary/aromatic N) is 1. The molecule has 2 heterocycles. The number of amides is 1. The maximum absolute atomic E-state index is 13.1. The third-order valence-corrected chi connectivity index (χ3v) is 5.33. The molecule has 118 valence electrons. The number of nitrogens with one attached hydrogen (secondary N) is 1. The van der Waals surface area contributed by atoms with Crippen LogP contribution in [0.3, 0.4) is 0 Å². The molecule has 0 radical (unpaired) electrons. The number of rotatable bonds is 7. The molecule has 5 heteroatoms. The van der Waals surface area contributed by atoms with Crippen LogP contribution in [0.2, 0.25) is 0 Å². The smallest absolute Gasteiger partial charge is 0.229 e. The van der Waals surface area contributed by atoms with Crippen LogP contribution in [0.4, 0.5) is 0 Å². The summed E-state index contributed by atoms with van der Waals surface area (Å²) in [5, 5.41) is 5.43. The molecule has 2 rings (SSSR count). The lowest BCUT2D eigenvalue weighted by molar-refractivity contribution is -0.145. The molecule has 1 aliphatic heterocycles. The van der Waals surface area contributed by atoms with Crippen molar-refractivity contribution in [3.05, 3.63) is 22.4 Å². The fraction of sp³-hybridized carbons (Fsp3) is 0.688. The monoisotopic (exact) mass is 310 g/mol. The van der Waals surface area contributed by atoms with E-state index in [-0.39, 0.29) is 5.41 Å². The van der Waals surface area contributed by atoms with Gasteiger partial charge in [0.15, 0.2) is 0 Å². The van der Waals surface area contributed by atoms with Gasteiger partial charge in [0.05, 0.1) is 18.6 Å². The van der Waals surface area contributed by atoms with Crippen molar-refractivity contribution in [3.63, 3.8) is 0 Å². The molecule has 0 unspecified atom stereocenters.